The molecule has 3 aromatic rings. The number of hydrogen-bond acceptors (Lipinski definition) is 3. The van der Waals surface area contributed by atoms with Crippen LogP contribution in [0.4, 0.5) is 18.0 Å². The highest BCUT2D eigenvalue weighted by Crippen LogP contribution is 2.44. The number of fused-ring (bicyclic) bond motifs is 3. The minimum atomic E-state index is -4.95. The first-order chi connectivity index (χ1) is 16.3. The van der Waals surface area contributed by atoms with Crippen LogP contribution < -0.4 is 0 Å². The molecule has 1 unspecified atom stereocenters. The van der Waals surface area contributed by atoms with Gasteiger partial charge in [0.2, 0.25) is 0 Å². The predicted molar refractivity (Wildman–Crippen MR) is 119 cm³/mol. The summed E-state index contributed by atoms with van der Waals surface area (Å²) < 4.78 is 46.9. The molecule has 0 spiro atoms. The monoisotopic (exact) mass is 469 g/mol. The number of carboxylic acid groups (broad SMARTS) is 1. The molecule has 34 heavy (non-hydrogen) atoms. The van der Waals surface area contributed by atoms with Gasteiger partial charge in [-0.3, -0.25) is 9.69 Å². The van der Waals surface area contributed by atoms with Gasteiger partial charge in [-0.2, -0.15) is 13.2 Å². The minimum absolute atomic E-state index is 0.171. The van der Waals surface area contributed by atoms with Crippen LogP contribution in [0.25, 0.3) is 11.1 Å². The number of hydrogen-bond donors (Lipinski definition) is 1. The summed E-state index contributed by atoms with van der Waals surface area (Å²) >= 11 is 0. The molecule has 8 heteroatoms. The number of carboxylic acids is 1. The Morgan fingerprint density at radius 1 is 0.882 bits per heavy atom. The fourth-order valence-corrected chi connectivity index (χ4v) is 4.33. The van der Waals surface area contributed by atoms with Crippen molar-refractivity contribution in [1.82, 2.24) is 4.90 Å². The first-order valence-corrected chi connectivity index (χ1v) is 10.7. The number of nitrogens with zero attached hydrogens (tertiary/aromatic N) is 1. The molecule has 4 rings (SSSR count). The number of alkyl halides is 3. The Morgan fingerprint density at radius 3 is 1.94 bits per heavy atom. The van der Waals surface area contributed by atoms with E-state index in [9.17, 15) is 22.8 Å². The molecule has 0 heterocycles. The standard InChI is InChI=1S/C26H22F3NO4/c27-26(28,29)23(14-24(31)32)30(15-17-8-2-1-3-9-17)25(33)34-16-22-20-12-6-4-10-18(20)19-11-5-7-13-21(19)22/h1-13,22-23H,14-16H2,(H,31,32). The summed E-state index contributed by atoms with van der Waals surface area (Å²) in [6.07, 6.45) is -7.44. The number of ether oxygens (including phenoxy) is 1. The second-order valence-electron chi connectivity index (χ2n) is 8.07. The fraction of sp³-hybridized carbons (Fsp3) is 0.231. The van der Waals surface area contributed by atoms with E-state index in [0.717, 1.165) is 22.3 Å². The number of benzene rings is 3. The van der Waals surface area contributed by atoms with Gasteiger partial charge in [0.05, 0.1) is 6.42 Å². The highest BCUT2D eigenvalue weighted by atomic mass is 19.4. The van der Waals surface area contributed by atoms with E-state index in [2.05, 4.69) is 0 Å². The highest BCUT2D eigenvalue weighted by molar-refractivity contribution is 5.79. The van der Waals surface area contributed by atoms with E-state index in [-0.39, 0.29) is 12.5 Å². The van der Waals surface area contributed by atoms with E-state index in [1.165, 1.54) is 0 Å². The van der Waals surface area contributed by atoms with Gasteiger partial charge in [-0.05, 0) is 27.8 Å². The number of amides is 1. The van der Waals surface area contributed by atoms with Crippen LogP contribution in [0.2, 0.25) is 0 Å². The van der Waals surface area contributed by atoms with Crippen molar-refractivity contribution < 1.29 is 32.6 Å². The summed E-state index contributed by atoms with van der Waals surface area (Å²) in [4.78, 5) is 24.7. The van der Waals surface area contributed by atoms with Crippen LogP contribution >= 0.6 is 0 Å². The van der Waals surface area contributed by atoms with Gasteiger partial charge in [0.25, 0.3) is 0 Å². The van der Waals surface area contributed by atoms with Gasteiger partial charge in [0.1, 0.15) is 12.6 Å². The maximum absolute atomic E-state index is 13.8. The van der Waals surface area contributed by atoms with Crippen LogP contribution in [0, 0.1) is 0 Å². The summed E-state index contributed by atoms with van der Waals surface area (Å²) in [5, 5.41) is 9.09. The Morgan fingerprint density at radius 2 is 1.41 bits per heavy atom. The molecule has 1 aliphatic rings. The Labute approximate surface area is 194 Å². The van der Waals surface area contributed by atoms with Gasteiger partial charge in [-0.25, -0.2) is 4.79 Å². The number of carbonyl (C=O) groups is 2. The van der Waals surface area contributed by atoms with Crippen molar-refractivity contribution in [3.63, 3.8) is 0 Å². The Hall–Kier alpha value is -3.81. The number of carbonyl (C=O) groups excluding carboxylic acids is 1. The average Bonchev–Trinajstić information content (AvgIpc) is 3.13. The highest BCUT2D eigenvalue weighted by Gasteiger charge is 2.47. The summed E-state index contributed by atoms with van der Waals surface area (Å²) in [5.74, 6) is -1.99. The second kappa shape index (κ2) is 9.59. The van der Waals surface area contributed by atoms with Gasteiger partial charge in [-0.1, -0.05) is 78.9 Å². The lowest BCUT2D eigenvalue weighted by molar-refractivity contribution is -0.187. The van der Waals surface area contributed by atoms with E-state index >= 15 is 0 Å². The summed E-state index contributed by atoms with van der Waals surface area (Å²) in [5.41, 5.74) is 4.24. The van der Waals surface area contributed by atoms with Crippen LogP contribution in [0.1, 0.15) is 29.0 Å². The van der Waals surface area contributed by atoms with Crippen molar-refractivity contribution in [3.8, 4) is 11.1 Å². The van der Waals surface area contributed by atoms with Crippen LogP contribution in [-0.4, -0.2) is 40.9 Å². The smallest absolute Gasteiger partial charge is 0.410 e. The van der Waals surface area contributed by atoms with Gasteiger partial charge in [0, 0.05) is 12.5 Å². The first kappa shape index (κ1) is 23.4. The lowest BCUT2D eigenvalue weighted by Crippen LogP contribution is -2.49. The third-order valence-corrected chi connectivity index (χ3v) is 5.89. The van der Waals surface area contributed by atoms with Crippen LogP contribution in [0.5, 0.6) is 0 Å². The Bertz CT molecular complexity index is 1130. The fourth-order valence-electron chi connectivity index (χ4n) is 4.33. The SMILES string of the molecule is O=C(O)CC(N(Cc1ccccc1)C(=O)OCC1c2ccccc2-c2ccccc21)C(F)(F)F. The molecule has 0 aliphatic heterocycles. The van der Waals surface area contributed by atoms with Crippen molar-refractivity contribution in [1.29, 1.82) is 0 Å². The lowest BCUT2D eigenvalue weighted by Gasteiger charge is -2.32. The number of rotatable bonds is 7. The Balaban J connectivity index is 1.60. The Kier molecular flexibility index (Phi) is 6.58. The van der Waals surface area contributed by atoms with E-state index in [1.54, 1.807) is 30.3 Å². The second-order valence-corrected chi connectivity index (χ2v) is 8.07. The molecular formula is C26H22F3NO4. The molecule has 0 radical (unpaired) electrons. The van der Waals surface area contributed by atoms with E-state index < -0.39 is 37.2 Å². The van der Waals surface area contributed by atoms with Crippen molar-refractivity contribution >= 4 is 12.1 Å². The van der Waals surface area contributed by atoms with E-state index in [4.69, 9.17) is 9.84 Å². The molecule has 0 fully saturated rings. The van der Waals surface area contributed by atoms with Crippen molar-refractivity contribution in [2.75, 3.05) is 6.61 Å². The zero-order chi connectivity index (χ0) is 24.3. The molecule has 1 aliphatic carbocycles. The molecule has 1 N–H and O–H groups in total. The van der Waals surface area contributed by atoms with Crippen molar-refractivity contribution in [2.45, 2.75) is 31.1 Å². The van der Waals surface area contributed by atoms with E-state index in [0.29, 0.717) is 10.5 Å². The van der Waals surface area contributed by atoms with Crippen LogP contribution in [0.3, 0.4) is 0 Å². The van der Waals surface area contributed by atoms with Gasteiger partial charge in [-0.15, -0.1) is 0 Å². The largest absolute Gasteiger partial charge is 0.481 e. The molecule has 5 nitrogen and oxygen atoms in total. The van der Waals surface area contributed by atoms with E-state index in [1.807, 2.05) is 48.5 Å². The maximum Gasteiger partial charge on any atom is 0.410 e. The number of aliphatic carboxylic acids is 1. The molecule has 0 saturated heterocycles. The zero-order valence-electron chi connectivity index (χ0n) is 18.0. The third-order valence-electron chi connectivity index (χ3n) is 5.89. The maximum atomic E-state index is 13.8. The molecule has 1 amide bonds. The quantitative estimate of drug-likeness (QED) is 0.472. The average molecular weight is 469 g/mol. The predicted octanol–water partition coefficient (Wildman–Crippen LogP) is 5.84. The molecule has 0 aromatic heterocycles. The molecule has 176 valence electrons. The molecular weight excluding hydrogens is 447 g/mol. The molecule has 0 saturated carbocycles. The van der Waals surface area contributed by atoms with Crippen LogP contribution in [-0.2, 0) is 16.1 Å². The van der Waals surface area contributed by atoms with Gasteiger partial charge >= 0.3 is 18.2 Å². The summed E-state index contributed by atoms with van der Waals surface area (Å²) in [6, 6.07) is 20.8. The number of halogens is 3. The topological polar surface area (TPSA) is 66.8 Å². The van der Waals surface area contributed by atoms with Gasteiger partial charge in [0.15, 0.2) is 0 Å². The molecule has 1 atom stereocenters. The van der Waals surface area contributed by atoms with Crippen molar-refractivity contribution in [2.24, 2.45) is 0 Å². The zero-order valence-corrected chi connectivity index (χ0v) is 18.0. The third kappa shape index (κ3) is 4.90. The lowest BCUT2D eigenvalue weighted by atomic mass is 9.98. The normalized spacial score (nSPS) is 13.6. The van der Waals surface area contributed by atoms with Gasteiger partial charge < -0.3 is 9.84 Å². The minimum Gasteiger partial charge on any atom is -0.481 e. The summed E-state index contributed by atoms with van der Waals surface area (Å²) in [6.45, 7) is -0.606. The first-order valence-electron chi connectivity index (χ1n) is 10.7. The van der Waals surface area contributed by atoms with Crippen LogP contribution in [0.15, 0.2) is 78.9 Å². The van der Waals surface area contributed by atoms with Crippen molar-refractivity contribution in [3.05, 3.63) is 95.6 Å². The summed E-state index contributed by atoms with van der Waals surface area (Å²) in [7, 11) is 0. The molecule has 0 bridgehead atoms. The molecule has 3 aromatic carbocycles.